The van der Waals surface area contributed by atoms with Crippen molar-refractivity contribution < 1.29 is 28.5 Å². The number of carbonyl (C=O) groups excluding carboxylic acids is 2. The summed E-state index contributed by atoms with van der Waals surface area (Å²) < 4.78 is 22.2. The molecule has 2 aliphatic rings. The average Bonchev–Trinajstić information content (AvgIpc) is 3.60. The van der Waals surface area contributed by atoms with E-state index in [0.29, 0.717) is 52.7 Å². The van der Waals surface area contributed by atoms with Gasteiger partial charge in [-0.15, -0.1) is 0 Å². The molecule has 2 amide bonds. The van der Waals surface area contributed by atoms with Gasteiger partial charge in [-0.2, -0.15) is 5.26 Å². The maximum atomic E-state index is 12.3. The van der Waals surface area contributed by atoms with E-state index < -0.39 is 6.04 Å². The van der Waals surface area contributed by atoms with Crippen molar-refractivity contribution >= 4 is 17.9 Å². The molecular weight excluding hydrogens is 500 g/mol. The zero-order chi connectivity index (χ0) is 27.4. The van der Waals surface area contributed by atoms with Crippen molar-refractivity contribution in [2.45, 2.75) is 25.8 Å². The molecule has 3 heterocycles. The zero-order valence-corrected chi connectivity index (χ0v) is 21.4. The number of amides is 2. The summed E-state index contributed by atoms with van der Waals surface area (Å²) in [6.07, 6.45) is 4.43. The molecule has 2 aliphatic heterocycles. The molecule has 0 spiro atoms. The summed E-state index contributed by atoms with van der Waals surface area (Å²) in [7, 11) is 1.59. The number of rotatable bonds is 8. The van der Waals surface area contributed by atoms with Gasteiger partial charge >= 0.3 is 0 Å². The highest BCUT2D eigenvalue weighted by Gasteiger charge is 2.26. The van der Waals surface area contributed by atoms with Crippen LogP contribution >= 0.6 is 0 Å². The van der Waals surface area contributed by atoms with E-state index in [-0.39, 0.29) is 36.6 Å². The molecule has 1 unspecified atom stereocenters. The van der Waals surface area contributed by atoms with Crippen LogP contribution in [0.2, 0.25) is 0 Å². The molecule has 5 rings (SSSR count). The Kier molecular flexibility index (Phi) is 7.32. The van der Waals surface area contributed by atoms with Crippen LogP contribution in [0, 0.1) is 18.3 Å². The number of methoxy groups -OCH3 is 1. The SMILES string of the molecule is COc1ccc(-c2c(C#N)c(Oc3ccc4c(c3)OCO4)nc(C)c2C=CCNC(=O)C2CCC(=O)N2)cc1. The first-order valence-corrected chi connectivity index (χ1v) is 12.4. The van der Waals surface area contributed by atoms with Crippen LogP contribution in [0.25, 0.3) is 17.2 Å². The molecule has 1 fully saturated rings. The molecule has 2 N–H and O–H groups in total. The third-order valence-electron chi connectivity index (χ3n) is 6.43. The van der Waals surface area contributed by atoms with Gasteiger partial charge in [0.25, 0.3) is 0 Å². The van der Waals surface area contributed by atoms with Crippen LogP contribution in [0.3, 0.4) is 0 Å². The Hall–Kier alpha value is -5.04. The van der Waals surface area contributed by atoms with E-state index in [1.807, 2.05) is 37.3 Å². The lowest BCUT2D eigenvalue weighted by atomic mass is 9.94. The molecule has 3 aromatic rings. The lowest BCUT2D eigenvalue weighted by Gasteiger charge is -2.16. The van der Waals surface area contributed by atoms with Crippen LogP contribution in [0.1, 0.15) is 29.7 Å². The number of hydrogen-bond acceptors (Lipinski definition) is 8. The molecule has 0 bridgehead atoms. The molecular formula is C29H26N4O6. The van der Waals surface area contributed by atoms with Gasteiger partial charge in [-0.25, -0.2) is 4.98 Å². The number of carbonyl (C=O) groups is 2. The Morgan fingerprint density at radius 2 is 1.97 bits per heavy atom. The number of nitriles is 1. The maximum Gasteiger partial charge on any atom is 0.242 e. The predicted molar refractivity (Wildman–Crippen MR) is 142 cm³/mol. The summed E-state index contributed by atoms with van der Waals surface area (Å²) in [6, 6.07) is 14.3. The van der Waals surface area contributed by atoms with Crippen LogP contribution in [0.4, 0.5) is 0 Å². The monoisotopic (exact) mass is 526 g/mol. The second kappa shape index (κ2) is 11.1. The predicted octanol–water partition coefficient (Wildman–Crippen LogP) is 3.87. The van der Waals surface area contributed by atoms with E-state index in [0.717, 1.165) is 5.56 Å². The van der Waals surface area contributed by atoms with Crippen molar-refractivity contribution in [3.05, 3.63) is 65.4 Å². The number of aryl methyl sites for hydroxylation is 1. The molecule has 1 saturated heterocycles. The fraction of sp³-hybridized carbons (Fsp3) is 0.241. The summed E-state index contributed by atoms with van der Waals surface area (Å²) in [5, 5.41) is 15.7. The largest absolute Gasteiger partial charge is 0.497 e. The Balaban J connectivity index is 1.47. The molecule has 1 aromatic heterocycles. The van der Waals surface area contributed by atoms with Gasteiger partial charge in [-0.3, -0.25) is 9.59 Å². The minimum absolute atomic E-state index is 0.122. The Bertz CT molecular complexity index is 1490. The van der Waals surface area contributed by atoms with Crippen molar-refractivity contribution in [1.29, 1.82) is 5.26 Å². The minimum atomic E-state index is -0.512. The fourth-order valence-electron chi connectivity index (χ4n) is 4.45. The van der Waals surface area contributed by atoms with Gasteiger partial charge in [-0.05, 0) is 43.2 Å². The molecule has 39 heavy (non-hydrogen) atoms. The number of fused-ring (bicyclic) bond motifs is 1. The lowest BCUT2D eigenvalue weighted by molar-refractivity contribution is -0.125. The van der Waals surface area contributed by atoms with E-state index in [9.17, 15) is 14.9 Å². The molecule has 10 heteroatoms. The van der Waals surface area contributed by atoms with Gasteiger partial charge in [-0.1, -0.05) is 24.3 Å². The number of hydrogen-bond donors (Lipinski definition) is 2. The maximum absolute atomic E-state index is 12.3. The Morgan fingerprint density at radius 3 is 2.69 bits per heavy atom. The van der Waals surface area contributed by atoms with Crippen LogP contribution < -0.4 is 29.6 Å². The number of pyridine rings is 1. The number of nitrogens with one attached hydrogen (secondary N) is 2. The van der Waals surface area contributed by atoms with E-state index in [4.69, 9.17) is 18.9 Å². The number of benzene rings is 2. The first-order chi connectivity index (χ1) is 19.0. The van der Waals surface area contributed by atoms with E-state index >= 15 is 0 Å². The van der Waals surface area contributed by atoms with E-state index in [1.54, 1.807) is 31.4 Å². The van der Waals surface area contributed by atoms with Gasteiger partial charge < -0.3 is 29.6 Å². The fourth-order valence-corrected chi connectivity index (χ4v) is 4.45. The van der Waals surface area contributed by atoms with Crippen molar-refractivity contribution in [1.82, 2.24) is 15.6 Å². The highest BCUT2D eigenvalue weighted by molar-refractivity contribution is 5.91. The summed E-state index contributed by atoms with van der Waals surface area (Å²) >= 11 is 0. The smallest absolute Gasteiger partial charge is 0.242 e. The van der Waals surface area contributed by atoms with Crippen molar-refractivity contribution in [2.75, 3.05) is 20.4 Å². The number of ether oxygens (including phenoxy) is 4. The highest BCUT2D eigenvalue weighted by Crippen LogP contribution is 2.40. The van der Waals surface area contributed by atoms with Crippen molar-refractivity contribution in [3.63, 3.8) is 0 Å². The zero-order valence-electron chi connectivity index (χ0n) is 21.4. The molecule has 0 saturated carbocycles. The third kappa shape index (κ3) is 5.48. The first kappa shape index (κ1) is 25.6. The van der Waals surface area contributed by atoms with Crippen LogP contribution in [0.5, 0.6) is 28.9 Å². The van der Waals surface area contributed by atoms with Crippen LogP contribution in [-0.2, 0) is 9.59 Å². The summed E-state index contributed by atoms with van der Waals surface area (Å²) in [6.45, 7) is 2.20. The Morgan fingerprint density at radius 1 is 1.21 bits per heavy atom. The molecule has 0 radical (unpaired) electrons. The summed E-state index contributed by atoms with van der Waals surface area (Å²) in [5.74, 6) is 2.10. The highest BCUT2D eigenvalue weighted by atomic mass is 16.7. The van der Waals surface area contributed by atoms with Gasteiger partial charge in [0, 0.05) is 35.9 Å². The molecule has 2 aromatic carbocycles. The molecule has 0 aliphatic carbocycles. The summed E-state index contributed by atoms with van der Waals surface area (Å²) in [5.41, 5.74) is 2.99. The van der Waals surface area contributed by atoms with Crippen molar-refractivity contribution in [2.24, 2.45) is 0 Å². The Labute approximate surface area is 225 Å². The third-order valence-corrected chi connectivity index (χ3v) is 6.43. The number of aromatic nitrogens is 1. The summed E-state index contributed by atoms with van der Waals surface area (Å²) in [4.78, 5) is 28.4. The van der Waals surface area contributed by atoms with Gasteiger partial charge in [0.05, 0.1) is 7.11 Å². The standard InChI is InChI=1S/C29H26N4O6/c1-17-21(4-3-13-31-28(35)23-10-12-26(34)33-23)27(18-5-7-19(36-2)8-6-18)22(15-30)29(32-17)39-20-9-11-24-25(14-20)38-16-37-24/h3-9,11,14,23H,10,12-13,16H2,1-2H3,(H,31,35)(H,33,34). The average molecular weight is 527 g/mol. The van der Waals surface area contributed by atoms with Gasteiger partial charge in [0.15, 0.2) is 11.5 Å². The van der Waals surface area contributed by atoms with Crippen molar-refractivity contribution in [3.8, 4) is 46.1 Å². The van der Waals surface area contributed by atoms with Crippen LogP contribution in [-0.4, -0.2) is 43.3 Å². The number of nitrogens with zero attached hydrogens (tertiary/aromatic N) is 2. The second-order valence-electron chi connectivity index (χ2n) is 8.93. The van der Waals surface area contributed by atoms with E-state index in [1.165, 1.54) is 0 Å². The normalized spacial score (nSPS) is 15.6. The van der Waals surface area contributed by atoms with Gasteiger partial charge in [0.2, 0.25) is 24.5 Å². The molecule has 198 valence electrons. The first-order valence-electron chi connectivity index (χ1n) is 12.4. The van der Waals surface area contributed by atoms with E-state index in [2.05, 4.69) is 21.7 Å². The molecule has 10 nitrogen and oxygen atoms in total. The van der Waals surface area contributed by atoms with Crippen LogP contribution in [0.15, 0.2) is 48.5 Å². The quantitative estimate of drug-likeness (QED) is 0.452. The second-order valence-corrected chi connectivity index (χ2v) is 8.93. The lowest BCUT2D eigenvalue weighted by Crippen LogP contribution is -2.41. The molecule has 1 atom stereocenters. The topological polar surface area (TPSA) is 132 Å². The minimum Gasteiger partial charge on any atom is -0.497 e. The van der Waals surface area contributed by atoms with Gasteiger partial charge in [0.1, 0.15) is 29.2 Å².